The van der Waals surface area contributed by atoms with E-state index in [2.05, 4.69) is 32.6 Å². The highest BCUT2D eigenvalue weighted by Gasteiger charge is 2.14. The van der Waals surface area contributed by atoms with Crippen molar-refractivity contribution in [3.05, 3.63) is 15.5 Å². The van der Waals surface area contributed by atoms with Crippen LogP contribution in [-0.2, 0) is 18.3 Å². The predicted octanol–water partition coefficient (Wildman–Crippen LogP) is 0.857. The number of halogens is 1. The van der Waals surface area contributed by atoms with Crippen molar-refractivity contribution in [3.63, 3.8) is 0 Å². The summed E-state index contributed by atoms with van der Waals surface area (Å²) in [6, 6.07) is 0. The summed E-state index contributed by atoms with van der Waals surface area (Å²) in [7, 11) is 2.00. The van der Waals surface area contributed by atoms with Gasteiger partial charge in [-0.05, 0) is 22.6 Å². The summed E-state index contributed by atoms with van der Waals surface area (Å²) in [6.07, 6.45) is 1.91. The van der Waals surface area contributed by atoms with Gasteiger partial charge in [0.1, 0.15) is 0 Å². The van der Waals surface area contributed by atoms with Gasteiger partial charge in [0.05, 0.1) is 28.7 Å². The number of hydrogen-bond acceptors (Lipinski definition) is 3. The number of hydrogen-bond donors (Lipinski definition) is 0. The minimum absolute atomic E-state index is 0.856. The third-order valence-electron chi connectivity index (χ3n) is 2.49. The summed E-state index contributed by atoms with van der Waals surface area (Å²) in [4.78, 5) is 2.41. The third-order valence-corrected chi connectivity index (χ3v) is 3.39. The van der Waals surface area contributed by atoms with Gasteiger partial charge in [-0.2, -0.15) is 5.10 Å². The standard InChI is InChI=1S/C9H14IN3O/c1-12-9(8(10)6-11-12)7-13-2-4-14-5-3-13/h6H,2-5,7H2,1H3. The van der Waals surface area contributed by atoms with Gasteiger partial charge < -0.3 is 4.74 Å². The molecule has 2 heterocycles. The van der Waals surface area contributed by atoms with Gasteiger partial charge in [-0.1, -0.05) is 0 Å². The monoisotopic (exact) mass is 307 g/mol. The van der Waals surface area contributed by atoms with Crippen LogP contribution >= 0.6 is 22.6 Å². The zero-order valence-corrected chi connectivity index (χ0v) is 10.4. The molecule has 0 bridgehead atoms. The Morgan fingerprint density at radius 1 is 1.50 bits per heavy atom. The number of aromatic nitrogens is 2. The molecule has 0 saturated carbocycles. The van der Waals surface area contributed by atoms with E-state index in [0.29, 0.717) is 0 Å². The Bertz CT molecular complexity index is 288. The molecule has 0 aromatic carbocycles. The first-order valence-electron chi connectivity index (χ1n) is 4.74. The first-order chi connectivity index (χ1) is 6.77. The predicted molar refractivity (Wildman–Crippen MR) is 62.0 cm³/mol. The molecular formula is C9H14IN3O. The first kappa shape index (κ1) is 10.4. The van der Waals surface area contributed by atoms with Crippen molar-refractivity contribution in [1.82, 2.24) is 14.7 Å². The van der Waals surface area contributed by atoms with Gasteiger partial charge in [0.2, 0.25) is 0 Å². The second-order valence-electron chi connectivity index (χ2n) is 3.45. The van der Waals surface area contributed by atoms with E-state index in [-0.39, 0.29) is 0 Å². The molecule has 1 aliphatic heterocycles. The normalized spacial score (nSPS) is 18.7. The lowest BCUT2D eigenvalue weighted by Crippen LogP contribution is -2.36. The van der Waals surface area contributed by atoms with E-state index < -0.39 is 0 Å². The summed E-state index contributed by atoms with van der Waals surface area (Å²) >= 11 is 2.34. The maximum Gasteiger partial charge on any atom is 0.0654 e. The van der Waals surface area contributed by atoms with Crippen molar-refractivity contribution >= 4 is 22.6 Å². The second-order valence-corrected chi connectivity index (χ2v) is 4.61. The molecule has 0 atom stereocenters. The van der Waals surface area contributed by atoms with E-state index in [0.717, 1.165) is 32.8 Å². The van der Waals surface area contributed by atoms with Crippen LogP contribution in [0.15, 0.2) is 6.20 Å². The highest BCUT2D eigenvalue weighted by atomic mass is 127. The summed E-state index contributed by atoms with van der Waals surface area (Å²) in [6.45, 7) is 4.75. The van der Waals surface area contributed by atoms with E-state index in [1.165, 1.54) is 9.26 Å². The van der Waals surface area contributed by atoms with Crippen molar-refractivity contribution in [1.29, 1.82) is 0 Å². The molecule has 14 heavy (non-hydrogen) atoms. The molecule has 1 aromatic rings. The molecule has 1 fully saturated rings. The van der Waals surface area contributed by atoms with Crippen LogP contribution in [0.3, 0.4) is 0 Å². The fraction of sp³-hybridized carbons (Fsp3) is 0.667. The Labute approximate surface area is 97.4 Å². The summed E-state index contributed by atoms with van der Waals surface area (Å²) in [5, 5.41) is 4.23. The van der Waals surface area contributed by atoms with Crippen molar-refractivity contribution in [2.45, 2.75) is 6.54 Å². The molecule has 1 saturated heterocycles. The van der Waals surface area contributed by atoms with Crippen LogP contribution in [0.2, 0.25) is 0 Å². The largest absolute Gasteiger partial charge is 0.379 e. The van der Waals surface area contributed by atoms with E-state index in [4.69, 9.17) is 4.74 Å². The fourth-order valence-electron chi connectivity index (χ4n) is 1.59. The number of aryl methyl sites for hydroxylation is 1. The van der Waals surface area contributed by atoms with E-state index in [9.17, 15) is 0 Å². The Balaban J connectivity index is 2.02. The molecule has 78 valence electrons. The van der Waals surface area contributed by atoms with Crippen molar-refractivity contribution < 1.29 is 4.74 Å². The zero-order valence-electron chi connectivity index (χ0n) is 8.24. The van der Waals surface area contributed by atoms with Crippen LogP contribution in [-0.4, -0.2) is 41.0 Å². The molecule has 1 aromatic heterocycles. The van der Waals surface area contributed by atoms with E-state index in [1.807, 2.05) is 17.9 Å². The highest BCUT2D eigenvalue weighted by Crippen LogP contribution is 2.13. The lowest BCUT2D eigenvalue weighted by atomic mass is 10.3. The average Bonchev–Trinajstić information content (AvgIpc) is 2.51. The molecular weight excluding hydrogens is 293 g/mol. The lowest BCUT2D eigenvalue weighted by Gasteiger charge is -2.26. The molecule has 0 unspecified atom stereocenters. The Morgan fingerprint density at radius 2 is 2.21 bits per heavy atom. The maximum atomic E-state index is 5.31. The summed E-state index contributed by atoms with van der Waals surface area (Å²) in [5.41, 5.74) is 1.30. The molecule has 1 aliphatic rings. The maximum absolute atomic E-state index is 5.31. The van der Waals surface area contributed by atoms with Gasteiger partial charge in [-0.15, -0.1) is 0 Å². The quantitative estimate of drug-likeness (QED) is 0.759. The Hall–Kier alpha value is -0.140. The van der Waals surface area contributed by atoms with Crippen LogP contribution in [0.1, 0.15) is 5.69 Å². The number of morpholine rings is 1. The van der Waals surface area contributed by atoms with Crippen molar-refractivity contribution in [2.24, 2.45) is 7.05 Å². The smallest absolute Gasteiger partial charge is 0.0654 e. The highest BCUT2D eigenvalue weighted by molar-refractivity contribution is 14.1. The van der Waals surface area contributed by atoms with Gasteiger partial charge in [-0.25, -0.2) is 0 Å². The van der Waals surface area contributed by atoms with E-state index >= 15 is 0 Å². The average molecular weight is 307 g/mol. The topological polar surface area (TPSA) is 30.3 Å². The van der Waals surface area contributed by atoms with Crippen molar-refractivity contribution in [2.75, 3.05) is 26.3 Å². The van der Waals surface area contributed by atoms with Gasteiger partial charge in [-0.3, -0.25) is 9.58 Å². The van der Waals surface area contributed by atoms with E-state index in [1.54, 1.807) is 0 Å². The van der Waals surface area contributed by atoms with Gasteiger partial charge in [0, 0.05) is 26.7 Å². The molecule has 0 amide bonds. The summed E-state index contributed by atoms with van der Waals surface area (Å²) in [5.74, 6) is 0. The van der Waals surface area contributed by atoms with Crippen LogP contribution in [0.5, 0.6) is 0 Å². The minimum atomic E-state index is 0.856. The zero-order chi connectivity index (χ0) is 9.97. The van der Waals surface area contributed by atoms with Crippen molar-refractivity contribution in [3.8, 4) is 0 Å². The van der Waals surface area contributed by atoms with Gasteiger partial charge >= 0.3 is 0 Å². The molecule has 0 spiro atoms. The molecule has 0 N–H and O–H groups in total. The number of rotatable bonds is 2. The van der Waals surface area contributed by atoms with Crippen LogP contribution in [0, 0.1) is 3.57 Å². The van der Waals surface area contributed by atoms with Gasteiger partial charge in [0.25, 0.3) is 0 Å². The molecule has 0 radical (unpaired) electrons. The molecule has 2 rings (SSSR count). The molecule has 4 nitrogen and oxygen atoms in total. The van der Waals surface area contributed by atoms with Gasteiger partial charge in [0.15, 0.2) is 0 Å². The van der Waals surface area contributed by atoms with Crippen LogP contribution < -0.4 is 0 Å². The van der Waals surface area contributed by atoms with Crippen LogP contribution in [0.25, 0.3) is 0 Å². The second kappa shape index (κ2) is 4.59. The number of ether oxygens (including phenoxy) is 1. The molecule has 0 aliphatic carbocycles. The van der Waals surface area contributed by atoms with Crippen LogP contribution in [0.4, 0.5) is 0 Å². The number of nitrogens with zero attached hydrogens (tertiary/aromatic N) is 3. The molecule has 5 heteroatoms. The minimum Gasteiger partial charge on any atom is -0.379 e. The third kappa shape index (κ3) is 2.26. The first-order valence-corrected chi connectivity index (χ1v) is 5.82. The Morgan fingerprint density at radius 3 is 2.79 bits per heavy atom. The summed E-state index contributed by atoms with van der Waals surface area (Å²) < 4.78 is 8.52. The lowest BCUT2D eigenvalue weighted by molar-refractivity contribution is 0.0330. The fourth-order valence-corrected chi connectivity index (χ4v) is 2.23. The SMILES string of the molecule is Cn1ncc(I)c1CN1CCOCC1. The Kier molecular flexibility index (Phi) is 3.40.